The molecular formula is C20H17ClN2O4S2. The van der Waals surface area contributed by atoms with Crippen LogP contribution in [0.1, 0.15) is 18.4 Å². The van der Waals surface area contributed by atoms with Crippen molar-refractivity contribution in [2.45, 2.75) is 27.4 Å². The second-order valence-electron chi connectivity index (χ2n) is 6.68. The lowest BCUT2D eigenvalue weighted by molar-refractivity contribution is -0.118. The number of amides is 1. The van der Waals surface area contributed by atoms with Gasteiger partial charge >= 0.3 is 0 Å². The molecular weight excluding hydrogens is 432 g/mol. The first-order valence-corrected chi connectivity index (χ1v) is 11.5. The van der Waals surface area contributed by atoms with Crippen molar-refractivity contribution in [3.63, 3.8) is 0 Å². The zero-order valence-electron chi connectivity index (χ0n) is 15.4. The Labute approximate surface area is 177 Å². The zero-order chi connectivity index (χ0) is 20.6. The number of sulfone groups is 1. The second kappa shape index (κ2) is 7.44. The Balaban J connectivity index is 1.55. The van der Waals surface area contributed by atoms with Gasteiger partial charge in [-0.25, -0.2) is 13.4 Å². The average Bonchev–Trinajstić information content (AvgIpc) is 3.40. The van der Waals surface area contributed by atoms with Gasteiger partial charge in [-0.15, -0.1) is 0 Å². The van der Waals surface area contributed by atoms with E-state index in [1.807, 2.05) is 24.3 Å². The van der Waals surface area contributed by atoms with Gasteiger partial charge in [-0.3, -0.25) is 4.79 Å². The van der Waals surface area contributed by atoms with Crippen LogP contribution in [0.2, 0.25) is 5.02 Å². The van der Waals surface area contributed by atoms with Crippen LogP contribution in [0.15, 0.2) is 63.8 Å². The van der Waals surface area contributed by atoms with Gasteiger partial charge in [0.15, 0.2) is 5.13 Å². The molecule has 6 nitrogen and oxygen atoms in total. The van der Waals surface area contributed by atoms with Crippen LogP contribution in [0.5, 0.6) is 5.75 Å². The van der Waals surface area contributed by atoms with Gasteiger partial charge in [0.25, 0.3) is 0 Å². The predicted octanol–water partition coefficient (Wildman–Crippen LogP) is 4.31. The molecule has 1 saturated carbocycles. The van der Waals surface area contributed by atoms with Gasteiger partial charge < -0.3 is 10.1 Å². The first-order chi connectivity index (χ1) is 13.9. The van der Waals surface area contributed by atoms with Crippen molar-refractivity contribution in [3.05, 3.63) is 65.3 Å². The fourth-order valence-electron chi connectivity index (χ4n) is 3.11. The van der Waals surface area contributed by atoms with Crippen LogP contribution in [-0.2, 0) is 20.0 Å². The normalized spacial score (nSPS) is 15.0. The predicted molar refractivity (Wildman–Crippen MR) is 112 cm³/mol. The minimum Gasteiger partial charge on any atom is -0.497 e. The Morgan fingerprint density at radius 3 is 2.48 bits per heavy atom. The summed E-state index contributed by atoms with van der Waals surface area (Å²) < 4.78 is 30.8. The Morgan fingerprint density at radius 1 is 1.17 bits per heavy atom. The molecule has 1 fully saturated rings. The maximum atomic E-state index is 12.9. The van der Waals surface area contributed by atoms with E-state index < -0.39 is 15.3 Å². The Bertz CT molecular complexity index is 1170. The lowest BCUT2D eigenvalue weighted by atomic mass is 9.95. The second-order valence-corrected chi connectivity index (χ2v) is 10.3. The van der Waals surface area contributed by atoms with E-state index in [-0.39, 0.29) is 25.2 Å². The molecule has 1 aromatic heterocycles. The summed E-state index contributed by atoms with van der Waals surface area (Å²) in [7, 11) is -2.22. The number of rotatable bonds is 6. The van der Waals surface area contributed by atoms with E-state index in [1.54, 1.807) is 19.2 Å². The third-order valence-electron chi connectivity index (χ3n) is 4.92. The molecule has 1 N–H and O–H groups in total. The summed E-state index contributed by atoms with van der Waals surface area (Å²) in [5.74, 6) is 0.526. The summed E-state index contributed by atoms with van der Waals surface area (Å²) in [6, 6.07) is 13.6. The molecule has 0 atom stereocenters. The highest BCUT2D eigenvalue weighted by atomic mass is 35.5. The van der Waals surface area contributed by atoms with E-state index in [2.05, 4.69) is 10.3 Å². The molecule has 0 spiro atoms. The fourth-order valence-corrected chi connectivity index (χ4v) is 6.03. The van der Waals surface area contributed by atoms with Crippen molar-refractivity contribution < 1.29 is 17.9 Å². The van der Waals surface area contributed by atoms with Crippen LogP contribution in [-0.4, -0.2) is 26.4 Å². The average molecular weight is 449 g/mol. The number of ether oxygens (including phenoxy) is 1. The van der Waals surface area contributed by atoms with E-state index >= 15 is 0 Å². The van der Waals surface area contributed by atoms with Gasteiger partial charge in [0, 0.05) is 0 Å². The molecule has 9 heteroatoms. The van der Waals surface area contributed by atoms with Gasteiger partial charge in [-0.1, -0.05) is 47.2 Å². The molecule has 1 amide bonds. The van der Waals surface area contributed by atoms with Crippen molar-refractivity contribution in [1.29, 1.82) is 0 Å². The van der Waals surface area contributed by atoms with Crippen molar-refractivity contribution in [2.75, 3.05) is 12.4 Å². The molecule has 1 heterocycles. The summed E-state index contributed by atoms with van der Waals surface area (Å²) in [6.07, 6.45) is 2.69. The first kappa shape index (κ1) is 19.9. The Hall–Kier alpha value is -2.42. The Morgan fingerprint density at radius 2 is 1.86 bits per heavy atom. The fraction of sp³-hybridized carbons (Fsp3) is 0.200. The van der Waals surface area contributed by atoms with Crippen molar-refractivity contribution in [1.82, 2.24) is 4.98 Å². The van der Waals surface area contributed by atoms with E-state index in [1.165, 1.54) is 18.3 Å². The number of methoxy groups -OCH3 is 1. The zero-order valence-corrected chi connectivity index (χ0v) is 17.8. The number of carbonyl (C=O) groups is 1. The summed E-state index contributed by atoms with van der Waals surface area (Å²) in [6.45, 7) is 0. The van der Waals surface area contributed by atoms with Gasteiger partial charge in [-0.2, -0.15) is 0 Å². The molecule has 1 aliphatic rings. The van der Waals surface area contributed by atoms with Crippen molar-refractivity contribution in [3.8, 4) is 5.75 Å². The molecule has 2 aromatic carbocycles. The number of hydrogen-bond donors (Lipinski definition) is 1. The maximum absolute atomic E-state index is 12.9. The Kier molecular flexibility index (Phi) is 5.10. The molecule has 1 aliphatic carbocycles. The largest absolute Gasteiger partial charge is 0.497 e. The number of nitrogens with zero attached hydrogens (tertiary/aromatic N) is 1. The highest BCUT2D eigenvalue weighted by molar-refractivity contribution is 7.93. The first-order valence-electron chi connectivity index (χ1n) is 8.78. The SMILES string of the molecule is COc1ccc(C2(C(=O)Nc3ncc(S(=O)(=O)c4ccccc4Cl)s3)CC2)cc1. The highest BCUT2D eigenvalue weighted by Crippen LogP contribution is 2.49. The molecule has 150 valence electrons. The van der Waals surface area contributed by atoms with E-state index in [4.69, 9.17) is 16.3 Å². The third-order valence-corrected chi connectivity index (χ3v) is 8.55. The monoisotopic (exact) mass is 448 g/mol. The number of anilines is 1. The summed E-state index contributed by atoms with van der Waals surface area (Å²) >= 11 is 6.94. The number of carbonyl (C=O) groups excluding carboxylic acids is 1. The number of thiazole rings is 1. The number of hydrogen-bond acceptors (Lipinski definition) is 6. The molecule has 0 radical (unpaired) electrons. The molecule has 4 rings (SSSR count). The van der Waals surface area contributed by atoms with Gasteiger partial charge in [0.2, 0.25) is 15.7 Å². The van der Waals surface area contributed by atoms with Crippen LogP contribution in [0.4, 0.5) is 5.13 Å². The van der Waals surface area contributed by atoms with Crippen LogP contribution >= 0.6 is 22.9 Å². The van der Waals surface area contributed by atoms with Crippen molar-refractivity contribution in [2.24, 2.45) is 0 Å². The maximum Gasteiger partial charge on any atom is 0.236 e. The van der Waals surface area contributed by atoms with E-state index in [9.17, 15) is 13.2 Å². The highest BCUT2D eigenvalue weighted by Gasteiger charge is 2.51. The molecule has 0 unspecified atom stereocenters. The molecule has 0 aliphatic heterocycles. The quantitative estimate of drug-likeness (QED) is 0.607. The van der Waals surface area contributed by atoms with Crippen LogP contribution in [0, 0.1) is 0 Å². The summed E-state index contributed by atoms with van der Waals surface area (Å²) in [5.41, 5.74) is 0.288. The van der Waals surface area contributed by atoms with E-state index in [0.29, 0.717) is 0 Å². The molecule has 3 aromatic rings. The lowest BCUT2D eigenvalue weighted by Gasteiger charge is -2.15. The molecule has 0 bridgehead atoms. The van der Waals surface area contributed by atoms with Gasteiger partial charge in [0.05, 0.1) is 28.6 Å². The number of nitrogens with one attached hydrogen (secondary N) is 1. The summed E-state index contributed by atoms with van der Waals surface area (Å²) in [5, 5.41) is 3.15. The number of aromatic nitrogens is 1. The molecule has 29 heavy (non-hydrogen) atoms. The van der Waals surface area contributed by atoms with E-state index in [0.717, 1.165) is 35.5 Å². The van der Waals surface area contributed by atoms with Crippen LogP contribution in [0.3, 0.4) is 0 Å². The van der Waals surface area contributed by atoms with Crippen LogP contribution in [0.25, 0.3) is 0 Å². The standard InChI is InChI=1S/C20H17ClN2O4S2/c1-27-14-8-6-13(7-9-14)20(10-11-20)18(24)23-19-22-12-17(28-19)29(25,26)16-5-3-2-4-15(16)21/h2-9,12H,10-11H2,1H3,(H,22,23,24). The minimum absolute atomic E-state index is 0.0140. The smallest absolute Gasteiger partial charge is 0.236 e. The van der Waals surface area contributed by atoms with Gasteiger partial charge in [-0.05, 0) is 42.7 Å². The topological polar surface area (TPSA) is 85.4 Å². The lowest BCUT2D eigenvalue weighted by Crippen LogP contribution is -2.27. The third kappa shape index (κ3) is 3.63. The minimum atomic E-state index is -3.81. The van der Waals surface area contributed by atoms with Crippen LogP contribution < -0.4 is 10.1 Å². The van der Waals surface area contributed by atoms with Crippen molar-refractivity contribution >= 4 is 43.8 Å². The number of halogens is 1. The molecule has 0 saturated heterocycles. The number of benzene rings is 2. The van der Waals surface area contributed by atoms with Gasteiger partial charge in [0.1, 0.15) is 9.96 Å². The summed E-state index contributed by atoms with van der Waals surface area (Å²) in [4.78, 5) is 17.0.